The number of thioether (sulfide) groups is 1. The Bertz CT molecular complexity index is 572. The lowest BCUT2D eigenvalue weighted by Crippen LogP contribution is -2.44. The fourth-order valence-corrected chi connectivity index (χ4v) is 4.56. The number of hydrogen-bond donors (Lipinski definition) is 3. The number of nitrogens with one attached hydrogen (secondary N) is 2. The normalized spacial score (nSPS) is 19.6. The van der Waals surface area contributed by atoms with Crippen molar-refractivity contribution in [1.29, 1.82) is 0 Å². The van der Waals surface area contributed by atoms with Crippen molar-refractivity contribution < 1.29 is 9.84 Å². The summed E-state index contributed by atoms with van der Waals surface area (Å²) in [4.78, 5) is 5.59. The molecule has 0 radical (unpaired) electrons. The van der Waals surface area contributed by atoms with Crippen LogP contribution in [0.25, 0.3) is 0 Å². The highest BCUT2D eigenvalue weighted by Gasteiger charge is 2.34. The first-order valence-electron chi connectivity index (χ1n) is 9.19. The van der Waals surface area contributed by atoms with Crippen molar-refractivity contribution in [3.8, 4) is 0 Å². The maximum atomic E-state index is 9.30. The van der Waals surface area contributed by atoms with Crippen LogP contribution in [0.1, 0.15) is 25.7 Å². The van der Waals surface area contributed by atoms with Crippen LogP contribution < -0.4 is 10.6 Å². The topological polar surface area (TPSA) is 65.9 Å². The third kappa shape index (κ3) is 8.89. The van der Waals surface area contributed by atoms with Gasteiger partial charge < -0.3 is 20.5 Å². The molecule has 0 saturated carbocycles. The maximum Gasteiger partial charge on any atom is 0.190 e. The number of rotatable bonds is 10. The van der Waals surface area contributed by atoms with E-state index in [1.54, 1.807) is 7.05 Å². The number of hydrogen-bond acceptors (Lipinski definition) is 4. The van der Waals surface area contributed by atoms with Crippen LogP contribution >= 0.6 is 51.7 Å². The molecule has 154 valence electrons. The summed E-state index contributed by atoms with van der Waals surface area (Å²) >= 11 is 5.47. The van der Waals surface area contributed by atoms with Crippen LogP contribution in [0.4, 0.5) is 0 Å². The molecule has 0 spiro atoms. The lowest BCUT2D eigenvalue weighted by Gasteiger charge is -2.27. The molecule has 0 aromatic heterocycles. The van der Waals surface area contributed by atoms with Gasteiger partial charge in [0.05, 0.1) is 6.61 Å². The molecule has 0 amide bonds. The monoisotopic (exact) mass is 571 g/mol. The van der Waals surface area contributed by atoms with E-state index in [1.165, 1.54) is 9.37 Å². The highest BCUT2D eigenvalue weighted by atomic mass is 127. The van der Waals surface area contributed by atoms with E-state index in [2.05, 4.69) is 49.8 Å². The Labute approximate surface area is 192 Å². The fraction of sp³-hybridized carbons (Fsp3) is 0.632. The molecule has 1 aromatic rings. The molecule has 0 bridgehead atoms. The SMILES string of the molecule is CN=C(NCCCCSc1ccccc1Br)NCC1(CCO)CCOC1.I. The van der Waals surface area contributed by atoms with E-state index in [9.17, 15) is 5.11 Å². The molecule has 0 aliphatic carbocycles. The molecule has 2 rings (SSSR count). The lowest BCUT2D eigenvalue weighted by atomic mass is 9.84. The second-order valence-corrected chi connectivity index (χ2v) is 8.61. The van der Waals surface area contributed by atoms with Gasteiger partial charge in [-0.25, -0.2) is 0 Å². The minimum absolute atomic E-state index is 0. The quantitative estimate of drug-likeness (QED) is 0.131. The summed E-state index contributed by atoms with van der Waals surface area (Å²) in [5, 5.41) is 16.1. The van der Waals surface area contributed by atoms with E-state index in [-0.39, 0.29) is 36.0 Å². The van der Waals surface area contributed by atoms with Crippen LogP contribution in [0.15, 0.2) is 38.6 Å². The third-order valence-corrected chi connectivity index (χ3v) is 6.75. The van der Waals surface area contributed by atoms with Crippen LogP contribution in [0.2, 0.25) is 0 Å². The third-order valence-electron chi connectivity index (χ3n) is 4.64. The average molecular weight is 572 g/mol. The number of nitrogens with zero attached hydrogens (tertiary/aromatic N) is 1. The van der Waals surface area contributed by atoms with Gasteiger partial charge in [0.2, 0.25) is 0 Å². The van der Waals surface area contributed by atoms with Gasteiger partial charge in [0, 0.05) is 48.1 Å². The van der Waals surface area contributed by atoms with Gasteiger partial charge in [0.15, 0.2) is 5.96 Å². The first-order valence-corrected chi connectivity index (χ1v) is 11.0. The first-order chi connectivity index (χ1) is 12.7. The van der Waals surface area contributed by atoms with Gasteiger partial charge in [-0.3, -0.25) is 4.99 Å². The van der Waals surface area contributed by atoms with Gasteiger partial charge in [0.1, 0.15) is 0 Å². The molecular weight excluding hydrogens is 541 g/mol. The predicted molar refractivity (Wildman–Crippen MR) is 128 cm³/mol. The van der Waals surface area contributed by atoms with Crippen molar-refractivity contribution in [2.24, 2.45) is 10.4 Å². The number of halogens is 2. The molecule has 1 heterocycles. The number of unbranched alkanes of at least 4 members (excludes halogenated alkanes) is 1. The zero-order chi connectivity index (χ0) is 18.7. The summed E-state index contributed by atoms with van der Waals surface area (Å²) in [6, 6.07) is 8.34. The fourth-order valence-electron chi connectivity index (χ4n) is 2.98. The van der Waals surface area contributed by atoms with Crippen LogP contribution in [-0.4, -0.2) is 56.8 Å². The van der Waals surface area contributed by atoms with E-state index >= 15 is 0 Å². The average Bonchev–Trinajstić information content (AvgIpc) is 3.11. The Balaban J connectivity index is 0.00000364. The Morgan fingerprint density at radius 3 is 2.81 bits per heavy atom. The second-order valence-electron chi connectivity index (χ2n) is 6.61. The predicted octanol–water partition coefficient (Wildman–Crippen LogP) is 3.89. The van der Waals surface area contributed by atoms with Gasteiger partial charge in [-0.05, 0) is 59.5 Å². The number of aliphatic imine (C=N–C) groups is 1. The van der Waals surface area contributed by atoms with E-state index < -0.39 is 0 Å². The van der Waals surface area contributed by atoms with Crippen LogP contribution in [0.3, 0.4) is 0 Å². The van der Waals surface area contributed by atoms with Crippen LogP contribution in [0.5, 0.6) is 0 Å². The van der Waals surface area contributed by atoms with Crippen molar-refractivity contribution in [2.45, 2.75) is 30.6 Å². The second kappa shape index (κ2) is 14.0. The molecule has 1 aliphatic rings. The number of aliphatic hydroxyl groups excluding tert-OH is 1. The summed E-state index contributed by atoms with van der Waals surface area (Å²) in [6.45, 7) is 3.38. The molecule has 1 aromatic carbocycles. The molecular formula is C19H31BrIN3O2S. The molecule has 1 unspecified atom stereocenters. The maximum absolute atomic E-state index is 9.30. The van der Waals surface area contributed by atoms with Crippen molar-refractivity contribution in [2.75, 3.05) is 45.7 Å². The Kier molecular flexibility index (Phi) is 13.0. The van der Waals surface area contributed by atoms with E-state index in [0.29, 0.717) is 6.61 Å². The summed E-state index contributed by atoms with van der Waals surface area (Å²) < 4.78 is 6.70. The van der Waals surface area contributed by atoms with Gasteiger partial charge >= 0.3 is 0 Å². The molecule has 8 heteroatoms. The zero-order valence-electron chi connectivity index (χ0n) is 15.9. The largest absolute Gasteiger partial charge is 0.396 e. The van der Waals surface area contributed by atoms with Gasteiger partial charge in [-0.2, -0.15) is 0 Å². The van der Waals surface area contributed by atoms with Gasteiger partial charge in [0.25, 0.3) is 0 Å². The highest BCUT2D eigenvalue weighted by molar-refractivity contribution is 14.0. The summed E-state index contributed by atoms with van der Waals surface area (Å²) in [5.74, 6) is 1.93. The highest BCUT2D eigenvalue weighted by Crippen LogP contribution is 2.31. The number of aliphatic hydroxyl groups is 1. The molecule has 27 heavy (non-hydrogen) atoms. The zero-order valence-corrected chi connectivity index (χ0v) is 20.6. The Morgan fingerprint density at radius 1 is 1.33 bits per heavy atom. The minimum Gasteiger partial charge on any atom is -0.396 e. The lowest BCUT2D eigenvalue weighted by molar-refractivity contribution is 0.127. The molecule has 1 saturated heterocycles. The van der Waals surface area contributed by atoms with Gasteiger partial charge in [-0.15, -0.1) is 35.7 Å². The summed E-state index contributed by atoms with van der Waals surface area (Å²) in [6.07, 6.45) is 4.01. The van der Waals surface area contributed by atoms with Gasteiger partial charge in [-0.1, -0.05) is 12.1 Å². The smallest absolute Gasteiger partial charge is 0.190 e. The minimum atomic E-state index is 0. The standard InChI is InChI=1S/C19H30BrN3O2S.HI/c1-21-18(23-14-19(8-11-24)9-12-25-15-19)22-10-4-5-13-26-17-7-3-2-6-16(17)20;/h2-3,6-7,24H,4-5,8-15H2,1H3,(H2,21,22,23);1H. The van der Waals surface area contributed by atoms with E-state index in [4.69, 9.17) is 4.74 Å². The summed E-state index contributed by atoms with van der Waals surface area (Å²) in [5.41, 5.74) is 0.0338. The molecule has 1 aliphatic heterocycles. The number of guanidine groups is 1. The van der Waals surface area contributed by atoms with E-state index in [1.807, 2.05) is 17.8 Å². The summed E-state index contributed by atoms with van der Waals surface area (Å²) in [7, 11) is 1.79. The number of benzene rings is 1. The van der Waals surface area contributed by atoms with Crippen molar-refractivity contribution in [3.05, 3.63) is 28.7 Å². The van der Waals surface area contributed by atoms with Crippen molar-refractivity contribution >= 4 is 57.6 Å². The van der Waals surface area contributed by atoms with E-state index in [0.717, 1.165) is 57.1 Å². The van der Waals surface area contributed by atoms with Crippen LogP contribution in [0, 0.1) is 5.41 Å². The molecule has 1 fully saturated rings. The Morgan fingerprint density at radius 2 is 2.15 bits per heavy atom. The first kappa shape index (κ1) is 25.0. The van der Waals surface area contributed by atoms with Crippen LogP contribution in [-0.2, 0) is 4.74 Å². The molecule has 1 atom stereocenters. The van der Waals surface area contributed by atoms with Crippen molar-refractivity contribution in [3.63, 3.8) is 0 Å². The molecule has 3 N–H and O–H groups in total. The number of ether oxygens (including phenoxy) is 1. The Hall–Kier alpha value is -0.0300. The molecule has 5 nitrogen and oxygen atoms in total. The van der Waals surface area contributed by atoms with Crippen molar-refractivity contribution in [1.82, 2.24) is 10.6 Å².